The van der Waals surface area contributed by atoms with Gasteiger partial charge in [-0.2, -0.15) is 0 Å². The second-order valence-electron chi connectivity index (χ2n) is 6.19. The Morgan fingerprint density at radius 3 is 2.71 bits per heavy atom. The number of methoxy groups -OCH3 is 2. The first-order valence-electron chi connectivity index (χ1n) is 8.40. The molecule has 24 heavy (non-hydrogen) atoms. The lowest BCUT2D eigenvalue weighted by Gasteiger charge is -2.29. The number of fused-ring (bicyclic) bond motifs is 1. The minimum absolute atomic E-state index is 0.338. The Hall–Kier alpha value is -2.20. The lowest BCUT2D eigenvalue weighted by atomic mass is 9.98. The van der Waals surface area contributed by atoms with Gasteiger partial charge in [-0.15, -0.1) is 0 Å². The molecule has 0 radical (unpaired) electrons. The molecule has 2 unspecified atom stereocenters. The molecule has 0 spiro atoms. The highest BCUT2D eigenvalue weighted by Crippen LogP contribution is 2.32. The molecule has 2 aromatic carbocycles. The van der Waals surface area contributed by atoms with Crippen molar-refractivity contribution in [3.8, 4) is 17.2 Å². The van der Waals surface area contributed by atoms with E-state index in [-0.39, 0.29) is 0 Å². The van der Waals surface area contributed by atoms with Crippen LogP contribution in [0.15, 0.2) is 42.5 Å². The topological polar surface area (TPSA) is 39.7 Å². The van der Waals surface area contributed by atoms with Gasteiger partial charge in [0, 0.05) is 24.1 Å². The van der Waals surface area contributed by atoms with Crippen LogP contribution in [-0.2, 0) is 6.42 Å². The van der Waals surface area contributed by atoms with E-state index in [1.54, 1.807) is 14.2 Å². The highest BCUT2D eigenvalue weighted by atomic mass is 16.5. The van der Waals surface area contributed by atoms with Gasteiger partial charge in [0.05, 0.1) is 20.8 Å². The lowest BCUT2D eigenvalue weighted by Crippen LogP contribution is -2.35. The Labute approximate surface area is 143 Å². The molecule has 0 aliphatic carbocycles. The van der Waals surface area contributed by atoms with Crippen LogP contribution in [0.4, 0.5) is 0 Å². The highest BCUT2D eigenvalue weighted by Gasteiger charge is 2.22. The van der Waals surface area contributed by atoms with Gasteiger partial charge >= 0.3 is 0 Å². The normalized spacial score (nSPS) is 17.5. The summed E-state index contributed by atoms with van der Waals surface area (Å²) in [6.07, 6.45) is 1.92. The zero-order valence-corrected chi connectivity index (χ0v) is 14.5. The predicted octanol–water partition coefficient (Wildman–Crippen LogP) is 3.75. The van der Waals surface area contributed by atoms with Gasteiger partial charge in [-0.1, -0.05) is 24.3 Å². The second kappa shape index (κ2) is 7.58. The molecule has 0 amide bonds. The largest absolute Gasteiger partial charge is 0.493 e. The van der Waals surface area contributed by atoms with Gasteiger partial charge in [0.2, 0.25) is 0 Å². The number of benzene rings is 2. The minimum Gasteiger partial charge on any atom is -0.493 e. The smallest absolute Gasteiger partial charge is 0.160 e. The van der Waals surface area contributed by atoms with Crippen molar-refractivity contribution in [1.82, 2.24) is 5.32 Å². The monoisotopic (exact) mass is 327 g/mol. The van der Waals surface area contributed by atoms with E-state index in [4.69, 9.17) is 14.2 Å². The zero-order chi connectivity index (χ0) is 16.9. The van der Waals surface area contributed by atoms with Crippen LogP contribution in [0.25, 0.3) is 0 Å². The van der Waals surface area contributed by atoms with Crippen molar-refractivity contribution >= 4 is 0 Å². The van der Waals surface area contributed by atoms with Crippen LogP contribution < -0.4 is 19.5 Å². The van der Waals surface area contributed by atoms with Crippen molar-refractivity contribution in [2.45, 2.75) is 31.8 Å². The maximum absolute atomic E-state index is 5.74. The number of hydrogen-bond donors (Lipinski definition) is 1. The van der Waals surface area contributed by atoms with Gasteiger partial charge in [0.1, 0.15) is 5.75 Å². The van der Waals surface area contributed by atoms with Crippen LogP contribution in [0.3, 0.4) is 0 Å². The first-order chi connectivity index (χ1) is 11.7. The number of para-hydroxylation sites is 1. The molecule has 4 nitrogen and oxygen atoms in total. The Balaban J connectivity index is 1.67. The van der Waals surface area contributed by atoms with Crippen LogP contribution in [0.5, 0.6) is 17.2 Å². The Bertz CT molecular complexity index is 686. The van der Waals surface area contributed by atoms with Crippen molar-refractivity contribution in [2.75, 3.05) is 20.8 Å². The minimum atomic E-state index is 0.338. The summed E-state index contributed by atoms with van der Waals surface area (Å²) in [6.45, 7) is 2.98. The summed E-state index contributed by atoms with van der Waals surface area (Å²) in [7, 11) is 3.33. The van der Waals surface area contributed by atoms with Crippen molar-refractivity contribution in [3.05, 3.63) is 53.6 Å². The molecule has 1 N–H and O–H groups in total. The number of rotatable bonds is 6. The molecular weight excluding hydrogens is 302 g/mol. The standard InChI is InChI=1S/C20H25NO3/c1-14(12-15-8-9-19(22-2)20(13-15)23-3)21-17-10-11-24-18-7-5-4-6-16(17)18/h4-9,13-14,17,21H,10-12H2,1-3H3. The number of hydrogen-bond acceptors (Lipinski definition) is 4. The molecule has 1 aliphatic rings. The van der Waals surface area contributed by atoms with E-state index in [1.807, 2.05) is 18.2 Å². The predicted molar refractivity (Wildman–Crippen MR) is 95.1 cm³/mol. The molecular formula is C20H25NO3. The molecule has 1 aliphatic heterocycles. The van der Waals surface area contributed by atoms with Crippen LogP contribution in [0.1, 0.15) is 30.5 Å². The maximum atomic E-state index is 5.74. The Morgan fingerprint density at radius 2 is 1.92 bits per heavy atom. The third-order valence-electron chi connectivity index (χ3n) is 4.43. The SMILES string of the molecule is COc1ccc(CC(C)NC2CCOc3ccccc32)cc1OC. The summed E-state index contributed by atoms with van der Waals surface area (Å²) >= 11 is 0. The van der Waals surface area contributed by atoms with Gasteiger partial charge < -0.3 is 19.5 Å². The van der Waals surface area contributed by atoms with Crippen molar-refractivity contribution in [2.24, 2.45) is 0 Å². The van der Waals surface area contributed by atoms with E-state index in [0.29, 0.717) is 12.1 Å². The molecule has 0 aromatic heterocycles. The molecule has 0 fully saturated rings. The highest BCUT2D eigenvalue weighted by molar-refractivity contribution is 5.43. The van der Waals surface area contributed by atoms with Crippen molar-refractivity contribution in [1.29, 1.82) is 0 Å². The zero-order valence-electron chi connectivity index (χ0n) is 14.5. The van der Waals surface area contributed by atoms with Crippen molar-refractivity contribution in [3.63, 3.8) is 0 Å². The van der Waals surface area contributed by atoms with E-state index >= 15 is 0 Å². The van der Waals surface area contributed by atoms with Crippen LogP contribution in [0.2, 0.25) is 0 Å². The quantitative estimate of drug-likeness (QED) is 0.877. The average Bonchev–Trinajstić information content (AvgIpc) is 2.62. The molecule has 0 bridgehead atoms. The first-order valence-corrected chi connectivity index (χ1v) is 8.40. The number of ether oxygens (including phenoxy) is 3. The Morgan fingerprint density at radius 1 is 1.12 bits per heavy atom. The second-order valence-corrected chi connectivity index (χ2v) is 6.19. The third-order valence-corrected chi connectivity index (χ3v) is 4.43. The summed E-state index contributed by atoms with van der Waals surface area (Å²) in [5.41, 5.74) is 2.48. The molecule has 4 heteroatoms. The van der Waals surface area contributed by atoms with E-state index < -0.39 is 0 Å². The van der Waals surface area contributed by atoms with E-state index in [0.717, 1.165) is 36.7 Å². The van der Waals surface area contributed by atoms with Gasteiger partial charge in [-0.05, 0) is 37.1 Å². The first kappa shape index (κ1) is 16.7. The van der Waals surface area contributed by atoms with Crippen LogP contribution in [0, 0.1) is 0 Å². The van der Waals surface area contributed by atoms with Gasteiger partial charge in [-0.3, -0.25) is 0 Å². The summed E-state index contributed by atoms with van der Waals surface area (Å²) in [4.78, 5) is 0. The van der Waals surface area contributed by atoms with E-state index in [1.165, 1.54) is 11.1 Å². The molecule has 0 saturated carbocycles. The van der Waals surface area contributed by atoms with Crippen molar-refractivity contribution < 1.29 is 14.2 Å². The maximum Gasteiger partial charge on any atom is 0.160 e. The fraction of sp³-hybridized carbons (Fsp3) is 0.400. The van der Waals surface area contributed by atoms with Crippen LogP contribution >= 0.6 is 0 Å². The molecule has 3 rings (SSSR count). The summed E-state index contributed by atoms with van der Waals surface area (Å²) < 4.78 is 16.4. The summed E-state index contributed by atoms with van der Waals surface area (Å²) in [5, 5.41) is 3.74. The molecule has 2 atom stereocenters. The molecule has 0 saturated heterocycles. The molecule has 1 heterocycles. The Kier molecular flexibility index (Phi) is 5.26. The third kappa shape index (κ3) is 3.65. The van der Waals surface area contributed by atoms with Gasteiger partial charge in [0.15, 0.2) is 11.5 Å². The summed E-state index contributed by atoms with van der Waals surface area (Å²) in [6, 6.07) is 15.1. The van der Waals surface area contributed by atoms with Crippen LogP contribution in [-0.4, -0.2) is 26.9 Å². The van der Waals surface area contributed by atoms with E-state index in [9.17, 15) is 0 Å². The molecule has 128 valence electrons. The summed E-state index contributed by atoms with van der Waals surface area (Å²) in [5.74, 6) is 2.54. The lowest BCUT2D eigenvalue weighted by molar-refractivity contribution is 0.245. The number of nitrogens with one attached hydrogen (secondary N) is 1. The average molecular weight is 327 g/mol. The van der Waals surface area contributed by atoms with E-state index in [2.05, 4.69) is 36.5 Å². The fourth-order valence-electron chi connectivity index (χ4n) is 3.28. The van der Waals surface area contributed by atoms with Gasteiger partial charge in [0.25, 0.3) is 0 Å². The fourth-order valence-corrected chi connectivity index (χ4v) is 3.28. The molecule has 2 aromatic rings. The van der Waals surface area contributed by atoms with Gasteiger partial charge in [-0.25, -0.2) is 0 Å².